The van der Waals surface area contributed by atoms with E-state index in [1.165, 1.54) is 57.8 Å². The highest BCUT2D eigenvalue weighted by atomic mass is 16.3. The van der Waals surface area contributed by atoms with Crippen molar-refractivity contribution in [2.75, 3.05) is 6.54 Å². The number of phenols is 1. The number of benzene rings is 1. The second-order valence-electron chi connectivity index (χ2n) is 6.95. The van der Waals surface area contributed by atoms with Crippen molar-refractivity contribution in [3.63, 3.8) is 0 Å². The van der Waals surface area contributed by atoms with Crippen LogP contribution in [0.1, 0.15) is 76.7 Å². The van der Waals surface area contributed by atoms with E-state index in [9.17, 15) is 9.90 Å². The fraction of sp³-hybridized carbons (Fsp3) is 0.667. The molecular formula is C21H36N2O2. The standard InChI is InChI=1S/C21H36N2O2/c1-2-3-4-5-6-7-8-9-10-11-16-23-21(25)20(22)17-18-12-14-19(24)15-13-18/h12-15,20,24H,2-11,16-17,22H2,1H3,(H,23,25)/t20-/m0/s1. The van der Waals surface area contributed by atoms with Crippen molar-refractivity contribution in [2.45, 2.75) is 83.6 Å². The van der Waals surface area contributed by atoms with E-state index in [-0.39, 0.29) is 11.7 Å². The minimum absolute atomic E-state index is 0.0935. The van der Waals surface area contributed by atoms with E-state index in [1.54, 1.807) is 24.3 Å². The van der Waals surface area contributed by atoms with Crippen LogP contribution >= 0.6 is 0 Å². The summed E-state index contributed by atoms with van der Waals surface area (Å²) in [6.45, 7) is 2.96. The molecule has 0 aliphatic rings. The Morgan fingerprint density at radius 1 is 0.960 bits per heavy atom. The monoisotopic (exact) mass is 348 g/mol. The van der Waals surface area contributed by atoms with Gasteiger partial charge < -0.3 is 16.2 Å². The number of nitrogens with one attached hydrogen (secondary N) is 1. The summed E-state index contributed by atoms with van der Waals surface area (Å²) >= 11 is 0. The first kappa shape index (κ1) is 21.5. The molecule has 4 N–H and O–H groups in total. The van der Waals surface area contributed by atoms with Crippen molar-refractivity contribution in [2.24, 2.45) is 5.73 Å². The zero-order chi connectivity index (χ0) is 18.3. The van der Waals surface area contributed by atoms with Gasteiger partial charge in [0.15, 0.2) is 0 Å². The second kappa shape index (κ2) is 13.7. The Morgan fingerprint density at radius 2 is 1.48 bits per heavy atom. The maximum Gasteiger partial charge on any atom is 0.237 e. The number of carbonyl (C=O) groups excluding carboxylic acids is 1. The molecule has 0 spiro atoms. The molecule has 1 atom stereocenters. The highest BCUT2D eigenvalue weighted by molar-refractivity contribution is 5.81. The zero-order valence-electron chi connectivity index (χ0n) is 15.8. The Hall–Kier alpha value is -1.55. The van der Waals surface area contributed by atoms with Crippen LogP contribution in [0, 0.1) is 0 Å². The third-order valence-electron chi connectivity index (χ3n) is 4.56. The lowest BCUT2D eigenvalue weighted by molar-refractivity contribution is -0.122. The highest BCUT2D eigenvalue weighted by Crippen LogP contribution is 2.11. The lowest BCUT2D eigenvalue weighted by Crippen LogP contribution is -2.42. The van der Waals surface area contributed by atoms with E-state index in [0.717, 1.165) is 12.0 Å². The van der Waals surface area contributed by atoms with E-state index in [1.807, 2.05) is 0 Å². The van der Waals surface area contributed by atoms with Crippen molar-refractivity contribution in [3.05, 3.63) is 29.8 Å². The van der Waals surface area contributed by atoms with Crippen molar-refractivity contribution in [1.29, 1.82) is 0 Å². The van der Waals surface area contributed by atoms with Crippen LogP contribution in [0.15, 0.2) is 24.3 Å². The molecule has 0 heterocycles. The Kier molecular flexibility index (Phi) is 11.8. The number of carbonyl (C=O) groups is 1. The van der Waals surface area contributed by atoms with Crippen molar-refractivity contribution >= 4 is 5.91 Å². The molecule has 0 saturated carbocycles. The van der Waals surface area contributed by atoms with Crippen molar-refractivity contribution in [3.8, 4) is 5.75 Å². The zero-order valence-corrected chi connectivity index (χ0v) is 15.8. The highest BCUT2D eigenvalue weighted by Gasteiger charge is 2.13. The van der Waals surface area contributed by atoms with Gasteiger partial charge in [0.25, 0.3) is 0 Å². The van der Waals surface area contributed by atoms with Gasteiger partial charge in [0.1, 0.15) is 5.75 Å². The van der Waals surface area contributed by atoms with Gasteiger partial charge >= 0.3 is 0 Å². The van der Waals surface area contributed by atoms with Crippen LogP contribution in [0.25, 0.3) is 0 Å². The number of unbranched alkanes of at least 4 members (excludes halogenated alkanes) is 9. The van der Waals surface area contributed by atoms with E-state index >= 15 is 0 Å². The van der Waals surface area contributed by atoms with Crippen LogP contribution in [0.5, 0.6) is 5.75 Å². The number of aromatic hydroxyl groups is 1. The van der Waals surface area contributed by atoms with Crippen LogP contribution in [0.2, 0.25) is 0 Å². The Balaban J connectivity index is 1.98. The smallest absolute Gasteiger partial charge is 0.237 e. The lowest BCUT2D eigenvalue weighted by Gasteiger charge is -2.12. The Bertz CT molecular complexity index is 459. The predicted octanol–water partition coefficient (Wildman–Crippen LogP) is 4.30. The number of nitrogens with two attached hydrogens (primary N) is 1. The van der Waals surface area contributed by atoms with Crippen LogP contribution in [0.3, 0.4) is 0 Å². The van der Waals surface area contributed by atoms with Gasteiger partial charge in [-0.25, -0.2) is 0 Å². The Morgan fingerprint density at radius 3 is 2.04 bits per heavy atom. The molecule has 0 radical (unpaired) electrons. The molecule has 1 aromatic carbocycles. The van der Waals surface area contributed by atoms with Gasteiger partial charge in [0.2, 0.25) is 5.91 Å². The third kappa shape index (κ3) is 10.8. The average molecular weight is 349 g/mol. The number of amides is 1. The van der Waals surface area contributed by atoms with Crippen LogP contribution < -0.4 is 11.1 Å². The molecule has 0 bridgehead atoms. The summed E-state index contributed by atoms with van der Waals surface area (Å²) in [6, 6.07) is 6.29. The molecule has 0 saturated heterocycles. The number of hydrogen-bond donors (Lipinski definition) is 3. The molecule has 0 aliphatic carbocycles. The molecule has 4 heteroatoms. The summed E-state index contributed by atoms with van der Waals surface area (Å²) in [5.41, 5.74) is 6.90. The maximum atomic E-state index is 12.0. The van der Waals surface area contributed by atoms with Gasteiger partial charge in [-0.15, -0.1) is 0 Å². The van der Waals surface area contributed by atoms with Gasteiger partial charge in [0.05, 0.1) is 6.04 Å². The van der Waals surface area contributed by atoms with Gasteiger partial charge in [0, 0.05) is 6.54 Å². The fourth-order valence-corrected chi connectivity index (χ4v) is 2.93. The van der Waals surface area contributed by atoms with Crippen LogP contribution in [0.4, 0.5) is 0 Å². The normalized spacial score (nSPS) is 12.1. The maximum absolute atomic E-state index is 12.0. The summed E-state index contributed by atoms with van der Waals surface area (Å²) in [7, 11) is 0. The molecule has 0 unspecified atom stereocenters. The number of phenolic OH excluding ortho intramolecular Hbond substituents is 1. The molecule has 142 valence electrons. The first-order valence-electron chi connectivity index (χ1n) is 9.94. The average Bonchev–Trinajstić information content (AvgIpc) is 2.61. The van der Waals surface area contributed by atoms with Crippen LogP contribution in [-0.4, -0.2) is 23.6 Å². The molecule has 1 aromatic rings. The SMILES string of the molecule is CCCCCCCCCCCCNC(=O)[C@@H](N)Cc1ccc(O)cc1. The summed E-state index contributed by atoms with van der Waals surface area (Å²) in [6.07, 6.45) is 13.4. The van der Waals surface area contributed by atoms with E-state index in [2.05, 4.69) is 12.2 Å². The topological polar surface area (TPSA) is 75.4 Å². The van der Waals surface area contributed by atoms with Gasteiger partial charge in [-0.3, -0.25) is 4.79 Å². The van der Waals surface area contributed by atoms with Crippen molar-refractivity contribution < 1.29 is 9.90 Å². The molecule has 25 heavy (non-hydrogen) atoms. The summed E-state index contributed by atoms with van der Waals surface area (Å²) in [5.74, 6) is 0.131. The molecule has 0 fully saturated rings. The van der Waals surface area contributed by atoms with Gasteiger partial charge in [-0.1, -0.05) is 76.8 Å². The van der Waals surface area contributed by atoms with E-state index < -0.39 is 6.04 Å². The molecular weight excluding hydrogens is 312 g/mol. The quantitative estimate of drug-likeness (QED) is 0.439. The van der Waals surface area contributed by atoms with Gasteiger partial charge in [-0.2, -0.15) is 0 Å². The largest absolute Gasteiger partial charge is 0.508 e. The minimum atomic E-state index is -0.535. The Labute approximate surface area is 153 Å². The third-order valence-corrected chi connectivity index (χ3v) is 4.56. The molecule has 0 aliphatic heterocycles. The first-order chi connectivity index (χ1) is 12.1. The fourth-order valence-electron chi connectivity index (χ4n) is 2.93. The summed E-state index contributed by atoms with van der Waals surface area (Å²) in [4.78, 5) is 12.0. The number of hydrogen-bond acceptors (Lipinski definition) is 3. The minimum Gasteiger partial charge on any atom is -0.508 e. The van der Waals surface area contributed by atoms with E-state index in [0.29, 0.717) is 13.0 Å². The van der Waals surface area contributed by atoms with Crippen LogP contribution in [-0.2, 0) is 11.2 Å². The molecule has 1 rings (SSSR count). The summed E-state index contributed by atoms with van der Waals surface area (Å²) < 4.78 is 0. The first-order valence-corrected chi connectivity index (χ1v) is 9.94. The van der Waals surface area contributed by atoms with E-state index in [4.69, 9.17) is 5.73 Å². The second-order valence-corrected chi connectivity index (χ2v) is 6.95. The van der Waals surface area contributed by atoms with Crippen molar-refractivity contribution in [1.82, 2.24) is 5.32 Å². The van der Waals surface area contributed by atoms with Gasteiger partial charge in [-0.05, 0) is 30.5 Å². The molecule has 1 amide bonds. The molecule has 4 nitrogen and oxygen atoms in total. The number of rotatable bonds is 14. The predicted molar refractivity (Wildman–Crippen MR) is 105 cm³/mol. The molecule has 0 aromatic heterocycles. The summed E-state index contributed by atoms with van der Waals surface area (Å²) in [5, 5.41) is 12.2. The lowest BCUT2D eigenvalue weighted by atomic mass is 10.1.